The highest BCUT2D eigenvalue weighted by atomic mass is 32.2. The van der Waals surface area contributed by atoms with Crippen LogP contribution in [0.3, 0.4) is 0 Å². The van der Waals surface area contributed by atoms with E-state index in [1.165, 1.54) is 48.4 Å². The van der Waals surface area contributed by atoms with Crippen molar-refractivity contribution < 1.29 is 0 Å². The van der Waals surface area contributed by atoms with Crippen molar-refractivity contribution >= 4 is 11.8 Å². The number of hydrogen-bond acceptors (Lipinski definition) is 2. The molecule has 16 heavy (non-hydrogen) atoms. The van der Waals surface area contributed by atoms with Crippen molar-refractivity contribution in [2.75, 3.05) is 19.3 Å². The molecule has 1 nitrogen and oxygen atoms in total. The van der Waals surface area contributed by atoms with Crippen LogP contribution in [0.1, 0.15) is 24.0 Å². The van der Waals surface area contributed by atoms with Crippen molar-refractivity contribution in [1.82, 2.24) is 5.32 Å². The summed E-state index contributed by atoms with van der Waals surface area (Å²) in [6.07, 6.45) is 6.14. The largest absolute Gasteiger partial charge is 0.316 e. The van der Waals surface area contributed by atoms with Crippen LogP contribution in [-0.4, -0.2) is 19.3 Å². The fourth-order valence-corrected chi connectivity index (χ4v) is 3.15. The van der Waals surface area contributed by atoms with E-state index in [4.69, 9.17) is 0 Å². The third-order valence-electron chi connectivity index (χ3n) is 3.35. The molecule has 0 saturated carbocycles. The first-order valence-electron chi connectivity index (χ1n) is 6.14. The van der Waals surface area contributed by atoms with Crippen LogP contribution in [0.25, 0.3) is 0 Å². The third-order valence-corrected chi connectivity index (χ3v) is 4.17. The number of benzene rings is 1. The summed E-state index contributed by atoms with van der Waals surface area (Å²) in [5.74, 6) is 0.836. The van der Waals surface area contributed by atoms with Gasteiger partial charge < -0.3 is 5.32 Å². The summed E-state index contributed by atoms with van der Waals surface area (Å²) in [5, 5.41) is 3.50. The second kappa shape index (κ2) is 5.74. The lowest BCUT2D eigenvalue weighted by atomic mass is 9.92. The first-order valence-corrected chi connectivity index (χ1v) is 7.36. The number of thioether (sulfide) groups is 1. The molecule has 1 saturated heterocycles. The van der Waals surface area contributed by atoms with E-state index in [0.717, 1.165) is 5.92 Å². The standard InChI is InChI=1S/C14H21NS/c1-11-5-6-13(14(8-11)16-2)9-12-4-3-7-15-10-12/h5-6,8,12,15H,3-4,7,9-10H2,1-2H3. The normalized spacial score (nSPS) is 21.0. The quantitative estimate of drug-likeness (QED) is 0.807. The molecule has 0 aliphatic carbocycles. The smallest absolute Gasteiger partial charge is 0.0104 e. The monoisotopic (exact) mass is 235 g/mol. The van der Waals surface area contributed by atoms with E-state index in [1.807, 2.05) is 11.8 Å². The Hall–Kier alpha value is -0.470. The zero-order valence-corrected chi connectivity index (χ0v) is 11.1. The van der Waals surface area contributed by atoms with Crippen molar-refractivity contribution in [1.29, 1.82) is 0 Å². The molecular formula is C14H21NS. The van der Waals surface area contributed by atoms with Gasteiger partial charge in [0.25, 0.3) is 0 Å². The van der Waals surface area contributed by atoms with E-state index >= 15 is 0 Å². The Bertz CT molecular complexity index is 343. The number of rotatable bonds is 3. The molecular weight excluding hydrogens is 214 g/mol. The van der Waals surface area contributed by atoms with Gasteiger partial charge in [0.05, 0.1) is 0 Å². The summed E-state index contributed by atoms with van der Waals surface area (Å²) < 4.78 is 0. The van der Waals surface area contributed by atoms with Gasteiger partial charge in [0.1, 0.15) is 0 Å². The summed E-state index contributed by atoms with van der Waals surface area (Å²) >= 11 is 1.88. The van der Waals surface area contributed by atoms with Crippen LogP contribution in [0.5, 0.6) is 0 Å². The Labute approximate surface area is 103 Å². The summed E-state index contributed by atoms with van der Waals surface area (Å²) in [5.41, 5.74) is 2.90. The zero-order valence-electron chi connectivity index (χ0n) is 10.3. The Morgan fingerprint density at radius 2 is 2.31 bits per heavy atom. The maximum atomic E-state index is 3.50. The topological polar surface area (TPSA) is 12.0 Å². The predicted octanol–water partition coefficient (Wildman–Crippen LogP) is 3.26. The van der Waals surface area contributed by atoms with Gasteiger partial charge in [-0.15, -0.1) is 11.8 Å². The van der Waals surface area contributed by atoms with Crippen LogP contribution in [0.2, 0.25) is 0 Å². The van der Waals surface area contributed by atoms with E-state index in [0.29, 0.717) is 0 Å². The third kappa shape index (κ3) is 3.02. The van der Waals surface area contributed by atoms with E-state index < -0.39 is 0 Å². The molecule has 1 atom stereocenters. The highest BCUT2D eigenvalue weighted by Gasteiger charge is 2.14. The maximum Gasteiger partial charge on any atom is 0.0104 e. The molecule has 1 aliphatic heterocycles. The molecule has 1 unspecified atom stereocenters. The van der Waals surface area contributed by atoms with Crippen LogP contribution in [0.15, 0.2) is 23.1 Å². The Morgan fingerprint density at radius 1 is 1.44 bits per heavy atom. The van der Waals surface area contributed by atoms with Crippen molar-refractivity contribution in [3.8, 4) is 0 Å². The molecule has 1 aromatic rings. The van der Waals surface area contributed by atoms with E-state index in [2.05, 4.69) is 36.7 Å². The minimum Gasteiger partial charge on any atom is -0.316 e. The molecule has 0 aromatic heterocycles. The number of aryl methyl sites for hydroxylation is 1. The lowest BCUT2D eigenvalue weighted by Crippen LogP contribution is -2.30. The lowest BCUT2D eigenvalue weighted by Gasteiger charge is -2.23. The Balaban J connectivity index is 2.07. The highest BCUT2D eigenvalue weighted by Crippen LogP contribution is 2.26. The molecule has 1 aliphatic rings. The summed E-state index contributed by atoms with van der Waals surface area (Å²) in [6.45, 7) is 4.58. The second-order valence-electron chi connectivity index (χ2n) is 4.73. The summed E-state index contributed by atoms with van der Waals surface area (Å²) in [7, 11) is 0. The summed E-state index contributed by atoms with van der Waals surface area (Å²) in [6, 6.07) is 6.87. The van der Waals surface area contributed by atoms with Gasteiger partial charge in [-0.05, 0) is 63.1 Å². The van der Waals surface area contributed by atoms with E-state index in [1.54, 1.807) is 0 Å². The molecule has 0 radical (unpaired) electrons. The molecule has 2 rings (SSSR count). The lowest BCUT2D eigenvalue weighted by molar-refractivity contribution is 0.374. The van der Waals surface area contributed by atoms with Crippen molar-refractivity contribution in [2.24, 2.45) is 5.92 Å². The van der Waals surface area contributed by atoms with Gasteiger partial charge in [0.2, 0.25) is 0 Å². The van der Waals surface area contributed by atoms with Gasteiger partial charge in [-0.1, -0.05) is 17.7 Å². The number of piperidine rings is 1. The fraction of sp³-hybridized carbons (Fsp3) is 0.571. The van der Waals surface area contributed by atoms with Crippen LogP contribution in [0, 0.1) is 12.8 Å². The molecule has 0 spiro atoms. The van der Waals surface area contributed by atoms with Gasteiger partial charge in [-0.3, -0.25) is 0 Å². The SMILES string of the molecule is CSc1cc(C)ccc1CC1CCCNC1. The van der Waals surface area contributed by atoms with E-state index in [-0.39, 0.29) is 0 Å². The maximum absolute atomic E-state index is 3.50. The minimum absolute atomic E-state index is 0.836. The minimum atomic E-state index is 0.836. The van der Waals surface area contributed by atoms with Gasteiger partial charge >= 0.3 is 0 Å². The Morgan fingerprint density at radius 3 is 3.00 bits per heavy atom. The molecule has 0 amide bonds. The first kappa shape index (κ1) is 12.0. The highest BCUT2D eigenvalue weighted by molar-refractivity contribution is 7.98. The molecule has 1 heterocycles. The van der Waals surface area contributed by atoms with Gasteiger partial charge in [0, 0.05) is 4.90 Å². The molecule has 1 N–H and O–H groups in total. The van der Waals surface area contributed by atoms with Crippen LogP contribution in [0.4, 0.5) is 0 Å². The summed E-state index contributed by atoms with van der Waals surface area (Å²) in [4.78, 5) is 1.46. The average molecular weight is 235 g/mol. The molecule has 1 aromatic carbocycles. The molecule has 2 heteroatoms. The second-order valence-corrected chi connectivity index (χ2v) is 5.58. The van der Waals surface area contributed by atoms with Crippen LogP contribution >= 0.6 is 11.8 Å². The van der Waals surface area contributed by atoms with Gasteiger partial charge in [0.15, 0.2) is 0 Å². The van der Waals surface area contributed by atoms with Crippen LogP contribution < -0.4 is 5.32 Å². The number of nitrogens with one attached hydrogen (secondary N) is 1. The molecule has 88 valence electrons. The fourth-order valence-electron chi connectivity index (χ4n) is 2.43. The number of hydrogen-bond donors (Lipinski definition) is 1. The van der Waals surface area contributed by atoms with E-state index in [9.17, 15) is 0 Å². The zero-order chi connectivity index (χ0) is 11.4. The molecule has 1 fully saturated rings. The Kier molecular flexibility index (Phi) is 4.30. The molecule has 0 bridgehead atoms. The van der Waals surface area contributed by atoms with Crippen LogP contribution in [-0.2, 0) is 6.42 Å². The first-order chi connectivity index (χ1) is 7.79. The predicted molar refractivity (Wildman–Crippen MR) is 72.3 cm³/mol. The van der Waals surface area contributed by atoms with Crippen molar-refractivity contribution in [2.45, 2.75) is 31.1 Å². The van der Waals surface area contributed by atoms with Crippen molar-refractivity contribution in [3.05, 3.63) is 29.3 Å². The van der Waals surface area contributed by atoms with Gasteiger partial charge in [-0.2, -0.15) is 0 Å². The van der Waals surface area contributed by atoms with Gasteiger partial charge in [-0.25, -0.2) is 0 Å². The van der Waals surface area contributed by atoms with Crippen molar-refractivity contribution in [3.63, 3.8) is 0 Å². The average Bonchev–Trinajstić information content (AvgIpc) is 2.33.